The Kier molecular flexibility index (Phi) is 4.34. The summed E-state index contributed by atoms with van der Waals surface area (Å²) < 4.78 is 2.85. The standard InChI is InChI=1S/C19H20N2S/c1-3-5-11-21-18(8-4-2)16-12-14-9-6-7-10-15(14)13-17(16)20-19(21)22/h4,6-7,9-10,12-13H,2-3,5,8,11H2,1H3. The number of hydrogen-bond acceptors (Lipinski definition) is 2. The van der Waals surface area contributed by atoms with E-state index in [-0.39, 0.29) is 0 Å². The normalized spacial score (nSPS) is 11.1. The molecule has 0 fully saturated rings. The highest BCUT2D eigenvalue weighted by molar-refractivity contribution is 7.71. The Morgan fingerprint density at radius 3 is 2.64 bits per heavy atom. The minimum absolute atomic E-state index is 0.674. The Hall–Kier alpha value is -2.00. The minimum Gasteiger partial charge on any atom is -0.320 e. The van der Waals surface area contributed by atoms with Crippen LogP contribution in [0, 0.1) is 4.77 Å². The van der Waals surface area contributed by atoms with Crippen molar-refractivity contribution in [1.82, 2.24) is 9.55 Å². The maximum atomic E-state index is 5.53. The second-order valence-corrected chi connectivity index (χ2v) is 5.92. The molecule has 0 spiro atoms. The monoisotopic (exact) mass is 308 g/mol. The van der Waals surface area contributed by atoms with Crippen molar-refractivity contribution in [3.8, 4) is 0 Å². The second kappa shape index (κ2) is 6.41. The average Bonchev–Trinajstić information content (AvgIpc) is 2.53. The van der Waals surface area contributed by atoms with Crippen molar-refractivity contribution in [1.29, 1.82) is 0 Å². The van der Waals surface area contributed by atoms with Gasteiger partial charge in [-0.25, -0.2) is 4.98 Å². The second-order valence-electron chi connectivity index (χ2n) is 5.56. The molecule has 0 radical (unpaired) electrons. The fourth-order valence-corrected chi connectivity index (χ4v) is 3.18. The zero-order valence-electron chi connectivity index (χ0n) is 12.9. The predicted molar refractivity (Wildman–Crippen MR) is 96.9 cm³/mol. The van der Waals surface area contributed by atoms with Crippen molar-refractivity contribution in [3.05, 3.63) is 59.5 Å². The maximum absolute atomic E-state index is 5.53. The first-order valence-electron chi connectivity index (χ1n) is 7.77. The molecule has 0 unspecified atom stereocenters. The van der Waals surface area contributed by atoms with Crippen LogP contribution in [0.1, 0.15) is 25.5 Å². The van der Waals surface area contributed by atoms with Gasteiger partial charge < -0.3 is 4.57 Å². The largest absolute Gasteiger partial charge is 0.320 e. The lowest BCUT2D eigenvalue weighted by Crippen LogP contribution is -2.10. The first-order chi connectivity index (χ1) is 10.7. The Balaban J connectivity index is 2.33. The van der Waals surface area contributed by atoms with E-state index in [0.29, 0.717) is 4.77 Å². The van der Waals surface area contributed by atoms with E-state index in [4.69, 9.17) is 12.2 Å². The van der Waals surface area contributed by atoms with E-state index < -0.39 is 0 Å². The maximum Gasteiger partial charge on any atom is 0.200 e. The van der Waals surface area contributed by atoms with Crippen molar-refractivity contribution >= 4 is 33.9 Å². The van der Waals surface area contributed by atoms with Gasteiger partial charge in [-0.2, -0.15) is 0 Å². The summed E-state index contributed by atoms with van der Waals surface area (Å²) in [7, 11) is 0. The lowest BCUT2D eigenvalue weighted by molar-refractivity contribution is 0.597. The van der Waals surface area contributed by atoms with Crippen LogP contribution in [0.15, 0.2) is 49.1 Å². The van der Waals surface area contributed by atoms with Gasteiger partial charge in [-0.15, -0.1) is 6.58 Å². The van der Waals surface area contributed by atoms with Crippen LogP contribution in [-0.4, -0.2) is 9.55 Å². The van der Waals surface area contributed by atoms with E-state index in [1.54, 1.807) is 0 Å². The average molecular weight is 308 g/mol. The highest BCUT2D eigenvalue weighted by atomic mass is 32.1. The number of unbranched alkanes of at least 4 members (excludes halogenated alkanes) is 1. The third kappa shape index (κ3) is 2.69. The molecule has 0 aliphatic heterocycles. The molecule has 3 aromatic rings. The lowest BCUT2D eigenvalue weighted by Gasteiger charge is -2.15. The van der Waals surface area contributed by atoms with Gasteiger partial charge in [0.15, 0.2) is 4.77 Å². The summed E-state index contributed by atoms with van der Waals surface area (Å²) in [6.07, 6.45) is 5.01. The summed E-state index contributed by atoms with van der Waals surface area (Å²) in [5.41, 5.74) is 2.21. The third-order valence-electron chi connectivity index (χ3n) is 4.02. The molecule has 22 heavy (non-hydrogen) atoms. The van der Waals surface area contributed by atoms with Gasteiger partial charge >= 0.3 is 0 Å². The van der Waals surface area contributed by atoms with Crippen molar-refractivity contribution in [3.63, 3.8) is 0 Å². The Labute approximate surface area is 136 Å². The molecule has 0 aliphatic carbocycles. The fourth-order valence-electron chi connectivity index (χ4n) is 2.88. The summed E-state index contributed by atoms with van der Waals surface area (Å²) in [6.45, 7) is 7.03. The van der Waals surface area contributed by atoms with Crippen LogP contribution < -0.4 is 0 Å². The summed E-state index contributed by atoms with van der Waals surface area (Å²) in [5, 5.41) is 3.62. The molecule has 3 rings (SSSR count). The van der Waals surface area contributed by atoms with E-state index in [1.807, 2.05) is 6.08 Å². The Morgan fingerprint density at radius 2 is 1.95 bits per heavy atom. The number of fused-ring (bicyclic) bond motifs is 2. The molecule has 0 saturated heterocycles. The van der Waals surface area contributed by atoms with Crippen LogP contribution in [0.4, 0.5) is 0 Å². The van der Waals surface area contributed by atoms with Crippen molar-refractivity contribution in [2.24, 2.45) is 0 Å². The van der Waals surface area contributed by atoms with E-state index in [0.717, 1.165) is 31.3 Å². The molecule has 3 heteroatoms. The van der Waals surface area contributed by atoms with Gasteiger partial charge in [0.05, 0.1) is 5.52 Å². The van der Waals surface area contributed by atoms with Gasteiger partial charge in [-0.3, -0.25) is 0 Å². The highest BCUT2D eigenvalue weighted by Crippen LogP contribution is 2.25. The molecule has 0 saturated carbocycles. The van der Waals surface area contributed by atoms with Gasteiger partial charge in [-0.1, -0.05) is 43.7 Å². The number of rotatable bonds is 5. The minimum atomic E-state index is 0.674. The first-order valence-corrected chi connectivity index (χ1v) is 8.18. The van der Waals surface area contributed by atoms with Crippen molar-refractivity contribution in [2.45, 2.75) is 32.7 Å². The molecule has 0 bridgehead atoms. The number of aromatic nitrogens is 2. The molecule has 0 atom stereocenters. The smallest absolute Gasteiger partial charge is 0.200 e. The van der Waals surface area contributed by atoms with Gasteiger partial charge in [0.1, 0.15) is 0 Å². The molecule has 0 amide bonds. The van der Waals surface area contributed by atoms with Crippen LogP contribution in [0.3, 0.4) is 0 Å². The predicted octanol–water partition coefficient (Wildman–Crippen LogP) is 5.45. The van der Waals surface area contributed by atoms with Crippen LogP contribution in [0.2, 0.25) is 0 Å². The SMILES string of the molecule is C=CCc1c2cc3ccccc3cc2nc(=S)n1CCCC. The molecule has 1 aromatic heterocycles. The topological polar surface area (TPSA) is 17.8 Å². The molecule has 2 nitrogen and oxygen atoms in total. The number of nitrogens with zero attached hydrogens (tertiary/aromatic N) is 2. The quantitative estimate of drug-likeness (QED) is 0.354. The number of allylic oxidation sites excluding steroid dienone is 1. The third-order valence-corrected chi connectivity index (χ3v) is 4.33. The molecule has 0 aliphatic rings. The fraction of sp³-hybridized carbons (Fsp3) is 0.263. The zero-order chi connectivity index (χ0) is 15.5. The van der Waals surface area contributed by atoms with Crippen LogP contribution >= 0.6 is 12.2 Å². The van der Waals surface area contributed by atoms with Gasteiger partial charge in [0.2, 0.25) is 0 Å². The zero-order valence-corrected chi connectivity index (χ0v) is 13.7. The molecular weight excluding hydrogens is 288 g/mol. The van der Waals surface area contributed by atoms with E-state index in [9.17, 15) is 0 Å². The highest BCUT2D eigenvalue weighted by Gasteiger charge is 2.09. The van der Waals surface area contributed by atoms with E-state index >= 15 is 0 Å². The molecule has 2 aromatic carbocycles. The molecule has 1 heterocycles. The van der Waals surface area contributed by atoms with Crippen molar-refractivity contribution < 1.29 is 0 Å². The Bertz CT molecular complexity index is 893. The van der Waals surface area contributed by atoms with E-state index in [2.05, 4.69) is 59.5 Å². The summed E-state index contributed by atoms with van der Waals surface area (Å²) in [4.78, 5) is 4.67. The molecular formula is C19H20N2S. The van der Waals surface area contributed by atoms with Crippen LogP contribution in [0.25, 0.3) is 21.7 Å². The summed E-state index contributed by atoms with van der Waals surface area (Å²) in [5.74, 6) is 0. The summed E-state index contributed by atoms with van der Waals surface area (Å²) in [6, 6.07) is 12.7. The Morgan fingerprint density at radius 1 is 1.23 bits per heavy atom. The molecule has 112 valence electrons. The van der Waals surface area contributed by atoms with Crippen LogP contribution in [-0.2, 0) is 13.0 Å². The van der Waals surface area contributed by atoms with Gasteiger partial charge in [-0.05, 0) is 41.5 Å². The lowest BCUT2D eigenvalue weighted by atomic mass is 10.0. The number of hydrogen-bond donors (Lipinski definition) is 0. The van der Waals surface area contributed by atoms with Crippen LogP contribution in [0.5, 0.6) is 0 Å². The van der Waals surface area contributed by atoms with Gasteiger partial charge in [0.25, 0.3) is 0 Å². The van der Waals surface area contributed by atoms with E-state index in [1.165, 1.54) is 21.9 Å². The molecule has 0 N–H and O–H groups in total. The number of benzene rings is 2. The first kappa shape index (κ1) is 14.9. The van der Waals surface area contributed by atoms with Gasteiger partial charge in [0, 0.05) is 24.0 Å². The summed E-state index contributed by atoms with van der Waals surface area (Å²) >= 11 is 5.53. The van der Waals surface area contributed by atoms with Crippen molar-refractivity contribution in [2.75, 3.05) is 0 Å².